The molecule has 0 saturated carbocycles. The Morgan fingerprint density at radius 1 is 1.15 bits per heavy atom. The van der Waals surface area contributed by atoms with Crippen LogP contribution in [0.3, 0.4) is 0 Å². The molecular weight excluding hydrogens is 459 g/mol. The van der Waals surface area contributed by atoms with E-state index in [9.17, 15) is 0 Å². The second kappa shape index (κ2) is 13.7. The largest absolute Gasteiger partial charge is 0.356 e. The lowest BCUT2D eigenvalue weighted by atomic mass is 10.2. The molecule has 0 aliphatic carbocycles. The van der Waals surface area contributed by atoms with Gasteiger partial charge in [0.25, 0.3) is 0 Å². The first-order chi connectivity index (χ1) is 12.2. The second-order valence-electron chi connectivity index (χ2n) is 6.41. The van der Waals surface area contributed by atoms with Crippen molar-refractivity contribution in [3.8, 4) is 0 Å². The molecule has 0 unspecified atom stereocenters. The topological polar surface area (TPSA) is 55.8 Å². The molecule has 0 amide bonds. The third kappa shape index (κ3) is 8.49. The molecule has 0 bridgehead atoms. The van der Waals surface area contributed by atoms with Crippen LogP contribution in [0, 0.1) is 0 Å². The Labute approximate surface area is 179 Å². The maximum Gasteiger partial charge on any atom is 0.191 e. The van der Waals surface area contributed by atoms with Crippen molar-refractivity contribution < 1.29 is 0 Å². The number of hydrogen-bond acceptors (Lipinski definition) is 5. The van der Waals surface area contributed by atoms with Crippen molar-refractivity contribution >= 4 is 41.3 Å². The zero-order chi connectivity index (χ0) is 17.9. The molecule has 150 valence electrons. The van der Waals surface area contributed by atoms with Crippen molar-refractivity contribution in [2.45, 2.75) is 39.7 Å². The molecule has 26 heavy (non-hydrogen) atoms. The maximum atomic E-state index is 4.43. The van der Waals surface area contributed by atoms with E-state index in [0.717, 1.165) is 30.5 Å². The standard InChI is InChI=1S/C18H34N6S.HI/c1-4-16-14-21-17(25-16)15-22-18(19-3)20-8-6-7-9-24-12-10-23(5-2)11-13-24;/h14H,4-13,15H2,1-3H3,(H2,19,20,22);1H. The molecular formula is C18H35IN6S. The summed E-state index contributed by atoms with van der Waals surface area (Å²) in [4.78, 5) is 15.2. The number of thiazole rings is 1. The fourth-order valence-corrected chi connectivity index (χ4v) is 3.77. The van der Waals surface area contributed by atoms with Gasteiger partial charge in [0, 0.05) is 50.8 Å². The number of unbranched alkanes of at least 4 members (excludes halogenated alkanes) is 1. The number of likely N-dealkylation sites (N-methyl/N-ethyl adjacent to an activating group) is 1. The minimum absolute atomic E-state index is 0. The summed E-state index contributed by atoms with van der Waals surface area (Å²) >= 11 is 1.77. The number of halogens is 1. The van der Waals surface area contributed by atoms with E-state index in [1.54, 1.807) is 11.3 Å². The minimum Gasteiger partial charge on any atom is -0.356 e. The smallest absolute Gasteiger partial charge is 0.191 e. The van der Waals surface area contributed by atoms with Crippen molar-refractivity contribution in [1.29, 1.82) is 0 Å². The van der Waals surface area contributed by atoms with Gasteiger partial charge in [-0.25, -0.2) is 4.98 Å². The Bertz CT molecular complexity index is 514. The predicted octanol–water partition coefficient (Wildman–Crippen LogP) is 2.41. The van der Waals surface area contributed by atoms with E-state index in [0.29, 0.717) is 0 Å². The number of aryl methyl sites for hydroxylation is 1. The van der Waals surface area contributed by atoms with Gasteiger partial charge in [-0.1, -0.05) is 13.8 Å². The molecule has 2 N–H and O–H groups in total. The van der Waals surface area contributed by atoms with E-state index in [4.69, 9.17) is 0 Å². The predicted molar refractivity (Wildman–Crippen MR) is 123 cm³/mol. The first kappa shape index (κ1) is 23.6. The third-order valence-corrected chi connectivity index (χ3v) is 5.83. The van der Waals surface area contributed by atoms with Gasteiger partial charge in [0.15, 0.2) is 5.96 Å². The number of piperazine rings is 1. The summed E-state index contributed by atoms with van der Waals surface area (Å²) in [5.74, 6) is 0.866. The third-order valence-electron chi connectivity index (χ3n) is 4.69. The van der Waals surface area contributed by atoms with Crippen molar-refractivity contribution in [3.05, 3.63) is 16.1 Å². The summed E-state index contributed by atoms with van der Waals surface area (Å²) in [6, 6.07) is 0. The van der Waals surface area contributed by atoms with E-state index in [2.05, 4.69) is 44.3 Å². The molecule has 1 saturated heterocycles. The molecule has 2 rings (SSSR count). The summed E-state index contributed by atoms with van der Waals surface area (Å²) in [5, 5.41) is 7.87. The van der Waals surface area contributed by atoms with E-state index < -0.39 is 0 Å². The van der Waals surface area contributed by atoms with Gasteiger partial charge in [-0.15, -0.1) is 35.3 Å². The zero-order valence-corrected chi connectivity index (χ0v) is 19.6. The number of rotatable bonds is 9. The van der Waals surface area contributed by atoms with E-state index >= 15 is 0 Å². The number of nitrogens with one attached hydrogen (secondary N) is 2. The number of nitrogens with zero attached hydrogens (tertiary/aromatic N) is 4. The summed E-state index contributed by atoms with van der Waals surface area (Å²) < 4.78 is 0. The number of guanidine groups is 1. The van der Waals surface area contributed by atoms with Gasteiger partial charge in [0.1, 0.15) is 5.01 Å². The van der Waals surface area contributed by atoms with Crippen LogP contribution in [0.15, 0.2) is 11.2 Å². The molecule has 2 heterocycles. The number of hydrogen-bond donors (Lipinski definition) is 2. The quantitative estimate of drug-likeness (QED) is 0.239. The van der Waals surface area contributed by atoms with Crippen LogP contribution in [-0.2, 0) is 13.0 Å². The highest BCUT2D eigenvalue weighted by atomic mass is 127. The van der Waals surface area contributed by atoms with Crippen LogP contribution in [0.5, 0.6) is 0 Å². The monoisotopic (exact) mass is 494 g/mol. The number of aliphatic imine (C=N–C) groups is 1. The van der Waals surface area contributed by atoms with Gasteiger partial charge >= 0.3 is 0 Å². The molecule has 0 atom stereocenters. The zero-order valence-electron chi connectivity index (χ0n) is 16.5. The van der Waals surface area contributed by atoms with Crippen LogP contribution in [0.1, 0.15) is 36.6 Å². The summed E-state index contributed by atoms with van der Waals surface area (Å²) in [6.07, 6.45) is 5.44. The first-order valence-corrected chi connectivity index (χ1v) is 10.4. The Balaban J connectivity index is 0.00000338. The van der Waals surface area contributed by atoms with Crippen LogP contribution in [0.2, 0.25) is 0 Å². The molecule has 0 radical (unpaired) electrons. The van der Waals surface area contributed by atoms with Gasteiger partial charge in [0.2, 0.25) is 0 Å². The van der Waals surface area contributed by atoms with Gasteiger partial charge in [-0.3, -0.25) is 4.99 Å². The van der Waals surface area contributed by atoms with E-state index in [1.165, 1.54) is 57.0 Å². The SMILES string of the molecule is CCc1cnc(CNC(=NC)NCCCCN2CCN(CC)CC2)s1.I. The van der Waals surface area contributed by atoms with Crippen molar-refractivity contribution in [1.82, 2.24) is 25.4 Å². The maximum absolute atomic E-state index is 4.43. The van der Waals surface area contributed by atoms with E-state index in [-0.39, 0.29) is 24.0 Å². The van der Waals surface area contributed by atoms with Crippen molar-refractivity contribution in [2.75, 3.05) is 52.9 Å². The average Bonchev–Trinajstić information content (AvgIpc) is 3.12. The Kier molecular flexibility index (Phi) is 12.4. The average molecular weight is 494 g/mol. The molecule has 0 spiro atoms. The fourth-order valence-electron chi connectivity index (χ4n) is 2.97. The normalized spacial score (nSPS) is 16.3. The lowest BCUT2D eigenvalue weighted by Gasteiger charge is -2.34. The molecule has 6 nitrogen and oxygen atoms in total. The summed E-state index contributed by atoms with van der Waals surface area (Å²) in [6.45, 7) is 13.4. The molecule has 1 aliphatic rings. The molecule has 8 heteroatoms. The Hall–Kier alpha value is -0.450. The van der Waals surface area contributed by atoms with E-state index in [1.807, 2.05) is 13.2 Å². The molecule has 1 aliphatic heterocycles. The highest BCUT2D eigenvalue weighted by molar-refractivity contribution is 14.0. The van der Waals surface area contributed by atoms with Crippen LogP contribution in [0.4, 0.5) is 0 Å². The Morgan fingerprint density at radius 3 is 2.50 bits per heavy atom. The second-order valence-corrected chi connectivity index (χ2v) is 7.61. The number of aromatic nitrogens is 1. The lowest BCUT2D eigenvalue weighted by molar-refractivity contribution is 0.136. The summed E-state index contributed by atoms with van der Waals surface area (Å²) in [5.41, 5.74) is 0. The summed E-state index contributed by atoms with van der Waals surface area (Å²) in [7, 11) is 1.82. The van der Waals surface area contributed by atoms with Gasteiger partial charge in [-0.2, -0.15) is 0 Å². The molecule has 0 aromatic carbocycles. The molecule has 1 fully saturated rings. The van der Waals surface area contributed by atoms with Gasteiger partial charge in [-0.05, 0) is 32.4 Å². The van der Waals surface area contributed by atoms with Crippen LogP contribution >= 0.6 is 35.3 Å². The minimum atomic E-state index is 0. The highest BCUT2D eigenvalue weighted by Crippen LogP contribution is 2.12. The van der Waals surface area contributed by atoms with Crippen LogP contribution in [0.25, 0.3) is 0 Å². The van der Waals surface area contributed by atoms with Crippen molar-refractivity contribution in [3.63, 3.8) is 0 Å². The lowest BCUT2D eigenvalue weighted by Crippen LogP contribution is -2.46. The van der Waals surface area contributed by atoms with Crippen molar-refractivity contribution in [2.24, 2.45) is 4.99 Å². The molecule has 1 aromatic rings. The Morgan fingerprint density at radius 2 is 1.88 bits per heavy atom. The highest BCUT2D eigenvalue weighted by Gasteiger charge is 2.14. The molecule has 1 aromatic heterocycles. The van der Waals surface area contributed by atoms with Gasteiger partial charge in [0.05, 0.1) is 6.54 Å². The van der Waals surface area contributed by atoms with Crippen LogP contribution < -0.4 is 10.6 Å². The fraction of sp³-hybridized carbons (Fsp3) is 0.778. The van der Waals surface area contributed by atoms with Crippen LogP contribution in [-0.4, -0.2) is 73.6 Å². The van der Waals surface area contributed by atoms with Gasteiger partial charge < -0.3 is 20.4 Å². The first-order valence-electron chi connectivity index (χ1n) is 9.58.